The highest BCUT2D eigenvalue weighted by atomic mass is 32.2. The average Bonchev–Trinajstić information content (AvgIpc) is 2.58. The number of hydrogen-bond acceptors (Lipinski definition) is 8. The molecule has 0 fully saturated rings. The van der Waals surface area contributed by atoms with Crippen LogP contribution in [0.3, 0.4) is 0 Å². The molecule has 2 aromatic rings. The maximum Gasteiger partial charge on any atom is 0.386 e. The third kappa shape index (κ3) is 4.27. The van der Waals surface area contributed by atoms with Gasteiger partial charge in [-0.25, -0.2) is 16.8 Å². The predicted molar refractivity (Wildman–Crippen MR) is 87.2 cm³/mol. The lowest BCUT2D eigenvalue weighted by atomic mass is 10.1. The number of hydrogen-bond donors (Lipinski definition) is 0. The summed E-state index contributed by atoms with van der Waals surface area (Å²) in [4.78, 5) is 4.18. The number of rotatable bonds is 4. The minimum absolute atomic E-state index is 0.113. The molecule has 0 aliphatic carbocycles. The van der Waals surface area contributed by atoms with Gasteiger partial charge < -0.3 is 9.11 Å². The zero-order chi connectivity index (χ0) is 19.5. The van der Waals surface area contributed by atoms with E-state index in [-0.39, 0.29) is 22.5 Å². The number of benzene rings is 2. The molecule has 0 unspecified atom stereocenters. The molecule has 0 bridgehead atoms. The second-order valence-corrected chi connectivity index (χ2v) is 7.58. The van der Waals surface area contributed by atoms with Crippen LogP contribution in [0.15, 0.2) is 46.2 Å². The molecule has 0 aromatic heterocycles. The van der Waals surface area contributed by atoms with Crippen molar-refractivity contribution in [3.63, 3.8) is 0 Å². The van der Waals surface area contributed by atoms with Crippen LogP contribution >= 0.6 is 0 Å². The van der Waals surface area contributed by atoms with Crippen LogP contribution in [0.25, 0.3) is 22.1 Å². The van der Waals surface area contributed by atoms with Gasteiger partial charge in [-0.1, -0.05) is 12.2 Å². The summed E-state index contributed by atoms with van der Waals surface area (Å²) in [6, 6.07) is 6.43. The van der Waals surface area contributed by atoms with Gasteiger partial charge in [0.2, 0.25) is 10.8 Å². The summed E-state index contributed by atoms with van der Waals surface area (Å²) in [5, 5.41) is 17.4. The van der Waals surface area contributed by atoms with Gasteiger partial charge in [0.1, 0.15) is 20.2 Å². The largest absolute Gasteiger partial charge is 0.744 e. The molecule has 0 atom stereocenters. The molecule has 0 aliphatic heterocycles. The maximum absolute atomic E-state index is 11.3. The molecular formula is C14H8N4O6S2. The van der Waals surface area contributed by atoms with Crippen molar-refractivity contribution in [2.24, 2.45) is 0 Å². The molecule has 10 nitrogen and oxygen atoms in total. The highest BCUT2D eigenvalue weighted by Gasteiger charge is 2.16. The standard InChI is InChI=1S/C14H8N4O6S2/c15-17-11-5-3-9(13(7-11)25(19,20)21)1-2-10-4-6-12(18-16)8-14(10)26(22,23)24/h1-8H/b2-1-. The van der Waals surface area contributed by atoms with E-state index in [1.807, 2.05) is 0 Å². The van der Waals surface area contributed by atoms with Crippen LogP contribution in [0.5, 0.6) is 0 Å². The van der Waals surface area contributed by atoms with Crippen molar-refractivity contribution in [2.45, 2.75) is 9.79 Å². The van der Waals surface area contributed by atoms with Crippen LogP contribution in [-0.4, -0.2) is 25.9 Å². The van der Waals surface area contributed by atoms with Gasteiger partial charge >= 0.3 is 11.4 Å². The van der Waals surface area contributed by atoms with Crippen molar-refractivity contribution in [2.75, 3.05) is 0 Å². The minimum Gasteiger partial charge on any atom is -0.744 e. The first kappa shape index (κ1) is 19.2. The Morgan fingerprint density at radius 2 is 1.08 bits per heavy atom. The van der Waals surface area contributed by atoms with E-state index < -0.39 is 30.0 Å². The summed E-state index contributed by atoms with van der Waals surface area (Å²) < 4.78 is 68.1. The van der Waals surface area contributed by atoms with Crippen LogP contribution in [-0.2, 0) is 20.2 Å². The zero-order valence-electron chi connectivity index (χ0n) is 12.7. The highest BCUT2D eigenvalue weighted by Crippen LogP contribution is 2.27. The molecule has 0 radical (unpaired) electrons. The predicted octanol–water partition coefficient (Wildman–Crippen LogP) is 2.63. The van der Waals surface area contributed by atoms with E-state index in [9.17, 15) is 25.9 Å². The quantitative estimate of drug-likeness (QED) is 0.434. The Balaban J connectivity index is 2.63. The van der Waals surface area contributed by atoms with Crippen molar-refractivity contribution >= 4 is 43.8 Å². The molecule has 132 valence electrons. The number of nitrogens with zero attached hydrogens (tertiary/aromatic N) is 4. The lowest BCUT2D eigenvalue weighted by molar-refractivity contribution is 0.460. The molecule has 26 heavy (non-hydrogen) atoms. The lowest BCUT2D eigenvalue weighted by Crippen LogP contribution is -2.02. The Morgan fingerprint density at radius 1 is 0.731 bits per heavy atom. The van der Waals surface area contributed by atoms with Gasteiger partial charge in [0.25, 0.3) is 0 Å². The number of diazo groups is 2. The van der Waals surface area contributed by atoms with E-state index >= 15 is 0 Å². The molecule has 0 spiro atoms. The first-order chi connectivity index (χ1) is 12.1. The Kier molecular flexibility index (Phi) is 5.15. The fourth-order valence-corrected chi connectivity index (χ4v) is 3.44. The van der Waals surface area contributed by atoms with Crippen LogP contribution in [0.4, 0.5) is 11.4 Å². The molecule has 0 heterocycles. The lowest BCUT2D eigenvalue weighted by Gasteiger charge is -2.10. The summed E-state index contributed by atoms with van der Waals surface area (Å²) in [5.41, 5.74) is -0.572. The Morgan fingerprint density at radius 3 is 1.35 bits per heavy atom. The van der Waals surface area contributed by atoms with E-state index in [1.165, 1.54) is 24.3 Å². The van der Waals surface area contributed by atoms with Crippen molar-refractivity contribution in [1.82, 2.24) is 0 Å². The van der Waals surface area contributed by atoms with Crippen LogP contribution in [0.1, 0.15) is 11.1 Å². The molecule has 0 saturated heterocycles. The summed E-state index contributed by atoms with van der Waals surface area (Å²) in [6.45, 7) is 0. The van der Waals surface area contributed by atoms with Crippen molar-refractivity contribution < 1.29 is 25.9 Å². The third-order valence-electron chi connectivity index (χ3n) is 3.21. The fourth-order valence-electron chi connectivity index (χ4n) is 2.06. The van der Waals surface area contributed by atoms with Crippen molar-refractivity contribution in [3.05, 3.63) is 57.5 Å². The van der Waals surface area contributed by atoms with Crippen LogP contribution < -0.4 is 0 Å². The first-order valence-corrected chi connectivity index (χ1v) is 9.46. The monoisotopic (exact) mass is 392 g/mol. The second-order valence-electron chi connectivity index (χ2n) is 4.89. The Bertz CT molecular complexity index is 1110. The molecule has 0 N–H and O–H groups in total. The van der Waals surface area contributed by atoms with Gasteiger partial charge in [-0.2, -0.15) is 0 Å². The van der Waals surface area contributed by atoms with Gasteiger partial charge in [-0.3, -0.25) is 0 Å². The molecule has 12 heteroatoms. The minimum atomic E-state index is -4.92. The Labute approximate surface area is 148 Å². The van der Waals surface area contributed by atoms with Gasteiger partial charge in [-0.15, -0.1) is 0 Å². The second kappa shape index (κ2) is 6.99. The Hall–Kier alpha value is -3.16. The highest BCUT2D eigenvalue weighted by molar-refractivity contribution is 7.86. The normalized spacial score (nSPS) is 11.8. The molecule has 0 aliphatic rings. The van der Waals surface area contributed by atoms with Gasteiger partial charge in [0.15, 0.2) is 9.95 Å². The van der Waals surface area contributed by atoms with Gasteiger partial charge in [0, 0.05) is 12.1 Å². The van der Waals surface area contributed by atoms with Crippen molar-refractivity contribution in [1.29, 1.82) is 10.8 Å². The molecule has 0 saturated carbocycles. The summed E-state index contributed by atoms with van der Waals surface area (Å²) in [5.74, 6) is 0. The average molecular weight is 392 g/mol. The third-order valence-corrected chi connectivity index (χ3v) is 4.99. The summed E-state index contributed by atoms with van der Waals surface area (Å²) in [7, 11) is -9.84. The summed E-state index contributed by atoms with van der Waals surface area (Å²) in [6.07, 6.45) is 2.21. The fraction of sp³-hybridized carbons (Fsp3) is 0. The maximum atomic E-state index is 11.3. The van der Waals surface area contributed by atoms with Gasteiger partial charge in [-0.05, 0) is 23.3 Å². The molecule has 2 rings (SSSR count). The van der Waals surface area contributed by atoms with E-state index in [1.54, 1.807) is 0 Å². The van der Waals surface area contributed by atoms with Crippen molar-refractivity contribution in [3.8, 4) is 0 Å². The van der Waals surface area contributed by atoms with Crippen LogP contribution in [0, 0.1) is 10.8 Å². The smallest absolute Gasteiger partial charge is 0.386 e. The molecule has 2 aromatic carbocycles. The SMILES string of the molecule is N#[N+]c1ccc(/C=C\c2ccc([N+]#N)cc2S(=O)(=O)[O-])c(S(=O)(=O)[O-])c1. The van der Waals surface area contributed by atoms with Crippen LogP contribution in [0.2, 0.25) is 0 Å². The van der Waals surface area contributed by atoms with E-state index in [0.29, 0.717) is 0 Å². The zero-order valence-corrected chi connectivity index (χ0v) is 14.3. The summed E-state index contributed by atoms with van der Waals surface area (Å²) >= 11 is 0. The molecule has 0 amide bonds. The van der Waals surface area contributed by atoms with Gasteiger partial charge in [0.05, 0.1) is 21.9 Å². The topological polar surface area (TPSA) is 171 Å². The van der Waals surface area contributed by atoms with E-state index in [4.69, 9.17) is 10.8 Å². The molecular weight excluding hydrogens is 384 g/mol. The first-order valence-electron chi connectivity index (χ1n) is 6.64. The van der Waals surface area contributed by atoms with E-state index in [0.717, 1.165) is 24.3 Å². The van der Waals surface area contributed by atoms with E-state index in [2.05, 4.69) is 9.95 Å².